The van der Waals surface area contributed by atoms with Crippen LogP contribution in [-0.2, 0) is 14.9 Å². The molecule has 0 aliphatic rings. The highest BCUT2D eigenvalue weighted by atomic mass is 32.2. The fraction of sp³-hybridized carbons (Fsp3) is 0.300. The Morgan fingerprint density at radius 1 is 1.37 bits per heavy atom. The Hall–Kier alpha value is -1.68. The minimum Gasteiger partial charge on any atom is -0.465 e. The van der Waals surface area contributed by atoms with Crippen LogP contribution in [0.1, 0.15) is 0 Å². The first-order chi connectivity index (χ1) is 8.87. The zero-order chi connectivity index (χ0) is 14.5. The van der Waals surface area contributed by atoms with Crippen molar-refractivity contribution in [2.45, 2.75) is 4.90 Å². The van der Waals surface area contributed by atoms with Crippen molar-refractivity contribution in [2.75, 3.05) is 25.6 Å². The lowest BCUT2D eigenvalue weighted by Crippen LogP contribution is -2.28. The van der Waals surface area contributed by atoms with Gasteiger partial charge in [0, 0.05) is 12.7 Å². The molecule has 1 rings (SSSR count). The Labute approximate surface area is 110 Å². The summed E-state index contributed by atoms with van der Waals surface area (Å²) in [6, 6.07) is 5.14. The molecule has 0 saturated carbocycles. The summed E-state index contributed by atoms with van der Waals surface area (Å²) in [6.45, 7) is -0.449. The van der Waals surface area contributed by atoms with E-state index in [1.165, 1.54) is 31.3 Å². The fourth-order valence-corrected chi connectivity index (χ4v) is 2.21. The van der Waals surface area contributed by atoms with Crippen LogP contribution in [0.25, 0.3) is 0 Å². The van der Waals surface area contributed by atoms with Crippen LogP contribution in [0.15, 0.2) is 29.2 Å². The van der Waals surface area contributed by atoms with E-state index in [1.54, 1.807) is 0 Å². The number of carboxylic acid groups (broad SMARTS) is 1. The summed E-state index contributed by atoms with van der Waals surface area (Å²) in [7, 11) is -2.63. The summed E-state index contributed by atoms with van der Waals surface area (Å²) in [5.74, 6) is 0. The maximum Gasteiger partial charge on any atom is 0.409 e. The van der Waals surface area contributed by atoms with Gasteiger partial charge in [0.1, 0.15) is 0 Å². The van der Waals surface area contributed by atoms with E-state index >= 15 is 0 Å². The molecule has 19 heavy (non-hydrogen) atoms. The first-order valence-electron chi connectivity index (χ1n) is 5.20. The Kier molecular flexibility index (Phi) is 5.24. The number of amides is 1. The minimum atomic E-state index is -3.83. The Balaban J connectivity index is 2.87. The lowest BCUT2D eigenvalue weighted by Gasteiger charge is -2.16. The molecule has 0 heterocycles. The molecule has 0 atom stereocenters. The van der Waals surface area contributed by atoms with Gasteiger partial charge in [0.05, 0.1) is 18.1 Å². The van der Waals surface area contributed by atoms with E-state index in [1.807, 2.05) is 0 Å². The molecule has 0 aliphatic heterocycles. The average molecular weight is 290 g/mol. The van der Waals surface area contributed by atoms with E-state index in [2.05, 4.69) is 5.32 Å². The molecule has 0 aromatic heterocycles. The van der Waals surface area contributed by atoms with E-state index < -0.39 is 16.1 Å². The number of hydroxylamine groups is 1. The number of sulfonamides is 1. The monoisotopic (exact) mass is 290 g/mol. The predicted octanol–water partition coefficient (Wildman–Crippen LogP) is 0.321. The number of anilines is 1. The van der Waals surface area contributed by atoms with Crippen molar-refractivity contribution in [2.24, 2.45) is 0 Å². The van der Waals surface area contributed by atoms with E-state index in [-0.39, 0.29) is 23.8 Å². The van der Waals surface area contributed by atoms with Gasteiger partial charge in [-0.05, 0) is 24.3 Å². The van der Waals surface area contributed by atoms with Gasteiger partial charge in [-0.2, -0.15) is 0 Å². The first-order valence-corrected chi connectivity index (χ1v) is 6.64. The molecule has 8 nitrogen and oxygen atoms in total. The van der Waals surface area contributed by atoms with Crippen molar-refractivity contribution < 1.29 is 28.3 Å². The first kappa shape index (κ1) is 15.4. The van der Waals surface area contributed by atoms with Crippen LogP contribution in [-0.4, -0.2) is 49.5 Å². The van der Waals surface area contributed by atoms with Gasteiger partial charge in [0.15, 0.2) is 0 Å². The molecule has 1 aromatic rings. The Morgan fingerprint density at radius 2 is 1.95 bits per heavy atom. The van der Waals surface area contributed by atoms with E-state index in [4.69, 9.17) is 15.1 Å². The van der Waals surface area contributed by atoms with Crippen molar-refractivity contribution in [1.82, 2.24) is 4.47 Å². The zero-order valence-electron chi connectivity index (χ0n) is 10.1. The molecule has 3 N–H and O–H groups in total. The number of hydrogen-bond acceptors (Lipinski definition) is 5. The lowest BCUT2D eigenvalue weighted by atomic mass is 10.3. The molecule has 0 unspecified atom stereocenters. The smallest absolute Gasteiger partial charge is 0.409 e. The highest BCUT2D eigenvalue weighted by molar-refractivity contribution is 7.89. The molecule has 0 aliphatic carbocycles. The topological polar surface area (TPSA) is 116 Å². The van der Waals surface area contributed by atoms with E-state index in [0.717, 1.165) is 0 Å². The number of hydrogen-bond donors (Lipinski definition) is 3. The van der Waals surface area contributed by atoms with Gasteiger partial charge in [-0.3, -0.25) is 10.2 Å². The normalized spacial score (nSPS) is 11.5. The van der Waals surface area contributed by atoms with Crippen LogP contribution in [0.2, 0.25) is 0 Å². The highest BCUT2D eigenvalue weighted by Gasteiger charge is 2.21. The quantitative estimate of drug-likeness (QED) is 0.650. The number of carbonyl (C=O) groups is 1. The third-order valence-electron chi connectivity index (χ3n) is 2.11. The standard InChI is InChI=1S/C10H14N2O6S/c1-12(18-7-6-13)19(16,17)9-4-2-8(3-5-9)11-10(14)15/h2-5,11,13H,6-7H2,1H3,(H,14,15). The number of benzene rings is 1. The maximum atomic E-state index is 12.0. The van der Waals surface area contributed by atoms with Crippen molar-refractivity contribution in [3.05, 3.63) is 24.3 Å². The van der Waals surface area contributed by atoms with Crippen LogP contribution in [0, 0.1) is 0 Å². The van der Waals surface area contributed by atoms with Gasteiger partial charge in [-0.15, -0.1) is 0 Å². The molecule has 0 spiro atoms. The molecular formula is C10H14N2O6S. The van der Waals surface area contributed by atoms with Crippen LogP contribution in [0.4, 0.5) is 10.5 Å². The van der Waals surface area contributed by atoms with Crippen molar-refractivity contribution >= 4 is 21.8 Å². The SMILES string of the molecule is CN(OCCO)S(=O)(=O)c1ccc(NC(=O)O)cc1. The largest absolute Gasteiger partial charge is 0.465 e. The lowest BCUT2D eigenvalue weighted by molar-refractivity contribution is -0.0770. The number of nitrogens with zero attached hydrogens (tertiary/aromatic N) is 1. The third-order valence-corrected chi connectivity index (χ3v) is 3.76. The summed E-state index contributed by atoms with van der Waals surface area (Å²) < 4.78 is 24.5. The molecule has 0 radical (unpaired) electrons. The van der Waals surface area contributed by atoms with Crippen molar-refractivity contribution in [3.8, 4) is 0 Å². The predicted molar refractivity (Wildman–Crippen MR) is 66.1 cm³/mol. The zero-order valence-corrected chi connectivity index (χ0v) is 10.9. The Bertz CT molecular complexity index is 527. The molecule has 0 fully saturated rings. The molecule has 1 aromatic carbocycles. The molecule has 1 amide bonds. The summed E-state index contributed by atoms with van der Waals surface area (Å²) in [6.07, 6.45) is -1.24. The van der Waals surface area contributed by atoms with Gasteiger partial charge in [0.25, 0.3) is 10.0 Å². The number of nitrogens with one attached hydrogen (secondary N) is 1. The molecule has 9 heteroatoms. The van der Waals surface area contributed by atoms with Crippen LogP contribution >= 0.6 is 0 Å². The molecule has 106 valence electrons. The summed E-state index contributed by atoms with van der Waals surface area (Å²) in [5, 5.41) is 19.2. The van der Waals surface area contributed by atoms with Gasteiger partial charge in [-0.25, -0.2) is 13.2 Å². The van der Waals surface area contributed by atoms with Crippen molar-refractivity contribution in [3.63, 3.8) is 0 Å². The van der Waals surface area contributed by atoms with Gasteiger partial charge >= 0.3 is 6.09 Å². The van der Waals surface area contributed by atoms with E-state index in [0.29, 0.717) is 4.47 Å². The summed E-state index contributed by atoms with van der Waals surface area (Å²) >= 11 is 0. The maximum absolute atomic E-state index is 12.0. The third kappa shape index (κ3) is 4.17. The van der Waals surface area contributed by atoms with Gasteiger partial charge in [0.2, 0.25) is 0 Å². The van der Waals surface area contributed by atoms with E-state index in [9.17, 15) is 13.2 Å². The second-order valence-electron chi connectivity index (χ2n) is 3.43. The van der Waals surface area contributed by atoms with Crippen molar-refractivity contribution in [1.29, 1.82) is 0 Å². The summed E-state index contributed by atoms with van der Waals surface area (Å²) in [4.78, 5) is 15.1. The average Bonchev–Trinajstić information content (AvgIpc) is 2.35. The van der Waals surface area contributed by atoms with Gasteiger partial charge < -0.3 is 10.2 Å². The van der Waals surface area contributed by atoms with Crippen LogP contribution < -0.4 is 5.32 Å². The number of rotatable bonds is 6. The highest BCUT2D eigenvalue weighted by Crippen LogP contribution is 2.17. The molecule has 0 saturated heterocycles. The summed E-state index contributed by atoms with van der Waals surface area (Å²) in [5.41, 5.74) is 0.255. The fourth-order valence-electron chi connectivity index (χ4n) is 1.22. The molecular weight excluding hydrogens is 276 g/mol. The molecule has 0 bridgehead atoms. The van der Waals surface area contributed by atoms with Crippen LogP contribution in [0.5, 0.6) is 0 Å². The number of aliphatic hydroxyl groups is 1. The minimum absolute atomic E-state index is 0.0520. The second-order valence-corrected chi connectivity index (χ2v) is 5.36. The van der Waals surface area contributed by atoms with Gasteiger partial charge in [-0.1, -0.05) is 4.47 Å². The Morgan fingerprint density at radius 3 is 2.42 bits per heavy atom. The second kappa shape index (κ2) is 6.48. The van der Waals surface area contributed by atoms with Crippen LogP contribution in [0.3, 0.4) is 0 Å². The number of aliphatic hydroxyl groups excluding tert-OH is 1.